The first-order valence-corrected chi connectivity index (χ1v) is 9.19. The number of aromatic nitrogens is 1. The van der Waals surface area contributed by atoms with Crippen LogP contribution in [0.5, 0.6) is 5.75 Å². The van der Waals surface area contributed by atoms with Crippen molar-refractivity contribution in [3.05, 3.63) is 34.7 Å². The molecule has 128 valence electrons. The molecule has 0 radical (unpaired) electrons. The van der Waals surface area contributed by atoms with E-state index in [-0.39, 0.29) is 6.61 Å². The van der Waals surface area contributed by atoms with E-state index in [1.54, 1.807) is 23.5 Å². The van der Waals surface area contributed by atoms with Crippen molar-refractivity contribution in [1.29, 1.82) is 0 Å². The Morgan fingerprint density at radius 3 is 2.75 bits per heavy atom. The highest BCUT2D eigenvalue weighted by molar-refractivity contribution is 7.09. The van der Waals surface area contributed by atoms with Gasteiger partial charge in [0.1, 0.15) is 5.75 Å². The molecule has 2 aromatic rings. The first-order chi connectivity index (χ1) is 11.7. The van der Waals surface area contributed by atoms with Crippen LogP contribution in [0.3, 0.4) is 0 Å². The number of benzene rings is 1. The Balaban J connectivity index is 1.55. The van der Waals surface area contributed by atoms with Crippen molar-refractivity contribution in [3.8, 4) is 17.0 Å². The summed E-state index contributed by atoms with van der Waals surface area (Å²) in [4.78, 5) is 15.2. The number of hydrogen-bond donors (Lipinski definition) is 2. The minimum Gasteiger partial charge on any atom is -0.482 e. The maximum Gasteiger partial charge on any atom is 0.341 e. The molecule has 1 aromatic carbocycles. The summed E-state index contributed by atoms with van der Waals surface area (Å²) in [6.07, 6.45) is 4.82. The Morgan fingerprint density at radius 1 is 1.29 bits per heavy atom. The number of nitrogens with one attached hydrogen (secondary N) is 1. The number of hydrogen-bond acceptors (Lipinski definition) is 5. The van der Waals surface area contributed by atoms with Gasteiger partial charge in [-0.1, -0.05) is 0 Å². The molecule has 2 heterocycles. The highest BCUT2D eigenvalue weighted by Gasteiger charge is 2.14. The lowest BCUT2D eigenvalue weighted by molar-refractivity contribution is -0.139. The standard InChI is InChI=1S/C18H22N2O3S/c21-18(22)11-23-15-4-2-14(3-5-15)16-12-24-17(20-16)6-1-13-7-9-19-10-8-13/h2-5,12-13,19H,1,6-11H2,(H,21,22). The van der Waals surface area contributed by atoms with Gasteiger partial charge in [0.25, 0.3) is 0 Å². The van der Waals surface area contributed by atoms with Gasteiger partial charge in [0.15, 0.2) is 6.61 Å². The largest absolute Gasteiger partial charge is 0.482 e. The average molecular weight is 346 g/mol. The van der Waals surface area contributed by atoms with Gasteiger partial charge in [-0.25, -0.2) is 9.78 Å². The summed E-state index contributed by atoms with van der Waals surface area (Å²) in [5.74, 6) is 0.406. The van der Waals surface area contributed by atoms with Gasteiger partial charge < -0.3 is 15.2 Å². The van der Waals surface area contributed by atoms with Gasteiger partial charge in [0.2, 0.25) is 0 Å². The maximum atomic E-state index is 10.5. The molecule has 1 aromatic heterocycles. The number of carbonyl (C=O) groups is 1. The summed E-state index contributed by atoms with van der Waals surface area (Å²) in [6.45, 7) is 1.96. The van der Waals surface area contributed by atoms with Crippen molar-refractivity contribution in [2.75, 3.05) is 19.7 Å². The first kappa shape index (κ1) is 16.9. The average Bonchev–Trinajstić information content (AvgIpc) is 3.08. The number of aryl methyl sites for hydroxylation is 1. The molecule has 0 aliphatic carbocycles. The zero-order valence-electron chi connectivity index (χ0n) is 13.5. The molecule has 6 heteroatoms. The summed E-state index contributed by atoms with van der Waals surface area (Å²) < 4.78 is 5.15. The third-order valence-corrected chi connectivity index (χ3v) is 5.20. The lowest BCUT2D eigenvalue weighted by atomic mass is 9.93. The van der Waals surface area contributed by atoms with Crippen molar-refractivity contribution >= 4 is 17.3 Å². The van der Waals surface area contributed by atoms with Crippen molar-refractivity contribution in [2.45, 2.75) is 25.7 Å². The number of piperidine rings is 1. The smallest absolute Gasteiger partial charge is 0.341 e. The zero-order chi connectivity index (χ0) is 16.8. The molecule has 1 fully saturated rings. The Morgan fingerprint density at radius 2 is 2.04 bits per heavy atom. The molecule has 5 nitrogen and oxygen atoms in total. The summed E-state index contributed by atoms with van der Waals surface area (Å²) in [7, 11) is 0. The lowest BCUT2D eigenvalue weighted by Gasteiger charge is -2.21. The van der Waals surface area contributed by atoms with Crippen LogP contribution in [-0.4, -0.2) is 35.8 Å². The van der Waals surface area contributed by atoms with Gasteiger partial charge in [-0.2, -0.15) is 0 Å². The highest BCUT2D eigenvalue weighted by atomic mass is 32.1. The van der Waals surface area contributed by atoms with E-state index >= 15 is 0 Å². The van der Waals surface area contributed by atoms with E-state index in [4.69, 9.17) is 14.8 Å². The second-order valence-corrected chi connectivity index (χ2v) is 7.01. The van der Waals surface area contributed by atoms with E-state index in [1.165, 1.54) is 24.3 Å². The molecule has 2 N–H and O–H groups in total. The van der Waals surface area contributed by atoms with Crippen LogP contribution in [0.1, 0.15) is 24.3 Å². The van der Waals surface area contributed by atoms with Crippen LogP contribution in [0.4, 0.5) is 0 Å². The van der Waals surface area contributed by atoms with Gasteiger partial charge in [-0.3, -0.25) is 0 Å². The van der Waals surface area contributed by atoms with Crippen LogP contribution in [0.25, 0.3) is 11.3 Å². The van der Waals surface area contributed by atoms with Crippen LogP contribution < -0.4 is 10.1 Å². The molecule has 0 saturated carbocycles. The molecule has 24 heavy (non-hydrogen) atoms. The fraction of sp³-hybridized carbons (Fsp3) is 0.444. The van der Waals surface area contributed by atoms with E-state index in [0.29, 0.717) is 5.75 Å². The number of carboxylic acids is 1. The van der Waals surface area contributed by atoms with Crippen molar-refractivity contribution < 1.29 is 14.6 Å². The quantitative estimate of drug-likeness (QED) is 0.805. The molecule has 1 aliphatic heterocycles. The van der Waals surface area contributed by atoms with E-state index in [0.717, 1.165) is 36.7 Å². The highest BCUT2D eigenvalue weighted by Crippen LogP contribution is 2.26. The fourth-order valence-corrected chi connectivity index (χ4v) is 3.75. The Kier molecular flexibility index (Phi) is 5.82. The molecule has 1 saturated heterocycles. The van der Waals surface area contributed by atoms with E-state index < -0.39 is 5.97 Å². The van der Waals surface area contributed by atoms with Crippen LogP contribution in [0.15, 0.2) is 29.6 Å². The SMILES string of the molecule is O=C(O)COc1ccc(-c2csc(CCC3CCNCC3)n2)cc1. The van der Waals surface area contributed by atoms with Crippen molar-refractivity contribution in [2.24, 2.45) is 5.92 Å². The molecule has 1 aliphatic rings. The molecule has 3 rings (SSSR count). The summed E-state index contributed by atoms with van der Waals surface area (Å²) >= 11 is 1.72. The molecule has 0 unspecified atom stereocenters. The third-order valence-electron chi connectivity index (χ3n) is 4.29. The minimum absolute atomic E-state index is 0.323. The van der Waals surface area contributed by atoms with Crippen LogP contribution >= 0.6 is 11.3 Å². The number of carboxylic acid groups (broad SMARTS) is 1. The third kappa shape index (κ3) is 4.79. The lowest BCUT2D eigenvalue weighted by Crippen LogP contribution is -2.27. The molecule has 0 amide bonds. The predicted molar refractivity (Wildman–Crippen MR) is 94.6 cm³/mol. The fourth-order valence-electron chi connectivity index (χ4n) is 2.92. The van der Waals surface area contributed by atoms with Crippen LogP contribution in [-0.2, 0) is 11.2 Å². The monoisotopic (exact) mass is 346 g/mol. The second-order valence-electron chi connectivity index (χ2n) is 6.07. The van der Waals surface area contributed by atoms with Gasteiger partial charge in [-0.15, -0.1) is 11.3 Å². The second kappa shape index (κ2) is 8.26. The number of rotatable bonds is 7. The van der Waals surface area contributed by atoms with Crippen molar-refractivity contribution in [1.82, 2.24) is 10.3 Å². The molecular weight excluding hydrogens is 324 g/mol. The predicted octanol–water partition coefficient (Wildman–Crippen LogP) is 3.21. The minimum atomic E-state index is -0.975. The van der Waals surface area contributed by atoms with Gasteiger partial charge in [-0.05, 0) is 69.0 Å². The number of aliphatic carboxylic acids is 1. The van der Waals surface area contributed by atoms with Gasteiger partial charge in [0.05, 0.1) is 10.7 Å². The Labute approximate surface area is 145 Å². The van der Waals surface area contributed by atoms with E-state index in [2.05, 4.69) is 10.7 Å². The molecular formula is C18H22N2O3S. The van der Waals surface area contributed by atoms with E-state index in [1.807, 2.05) is 12.1 Å². The zero-order valence-corrected chi connectivity index (χ0v) is 14.3. The topological polar surface area (TPSA) is 71.5 Å². The van der Waals surface area contributed by atoms with Gasteiger partial charge >= 0.3 is 5.97 Å². The summed E-state index contributed by atoms with van der Waals surface area (Å²) in [6, 6.07) is 7.41. The van der Waals surface area contributed by atoms with Crippen LogP contribution in [0.2, 0.25) is 0 Å². The first-order valence-electron chi connectivity index (χ1n) is 8.31. The summed E-state index contributed by atoms with van der Waals surface area (Å²) in [5, 5.41) is 15.3. The molecule has 0 spiro atoms. The molecule has 0 atom stereocenters. The van der Waals surface area contributed by atoms with Gasteiger partial charge in [0, 0.05) is 10.9 Å². The Bertz CT molecular complexity index is 663. The number of thiazole rings is 1. The number of ether oxygens (including phenoxy) is 1. The summed E-state index contributed by atoms with van der Waals surface area (Å²) in [5.41, 5.74) is 2.01. The molecule has 0 bridgehead atoms. The number of nitrogens with zero attached hydrogens (tertiary/aromatic N) is 1. The van der Waals surface area contributed by atoms with Crippen LogP contribution in [0, 0.1) is 5.92 Å². The Hall–Kier alpha value is -1.92. The van der Waals surface area contributed by atoms with E-state index in [9.17, 15) is 4.79 Å². The normalized spacial score (nSPS) is 15.3. The van der Waals surface area contributed by atoms with Crippen molar-refractivity contribution in [3.63, 3.8) is 0 Å². The maximum absolute atomic E-state index is 10.5.